The maximum absolute atomic E-state index is 11.4. The minimum absolute atomic E-state index is 0.193. The van der Waals surface area contributed by atoms with E-state index in [9.17, 15) is 8.42 Å². The number of rotatable bonds is 6. The lowest BCUT2D eigenvalue weighted by Gasteiger charge is -2.23. The van der Waals surface area contributed by atoms with Crippen LogP contribution in [0.5, 0.6) is 0 Å². The fourth-order valence-corrected chi connectivity index (χ4v) is 4.41. The molecule has 1 unspecified atom stereocenters. The van der Waals surface area contributed by atoms with Gasteiger partial charge in [-0.15, -0.1) is 0 Å². The molecule has 0 spiro atoms. The second-order valence-electron chi connectivity index (χ2n) is 4.88. The summed E-state index contributed by atoms with van der Waals surface area (Å²) in [5, 5.41) is 3.35. The van der Waals surface area contributed by atoms with Gasteiger partial charge in [0.05, 0.1) is 11.5 Å². The highest BCUT2D eigenvalue weighted by Crippen LogP contribution is 2.12. The molecule has 0 amide bonds. The van der Waals surface area contributed by atoms with Crippen LogP contribution < -0.4 is 5.32 Å². The number of sulfone groups is 1. The number of nitrogens with one attached hydrogen (secondary N) is 1. The van der Waals surface area contributed by atoms with Crippen LogP contribution in [0.15, 0.2) is 0 Å². The van der Waals surface area contributed by atoms with Crippen molar-refractivity contribution in [2.24, 2.45) is 5.92 Å². The minimum atomic E-state index is -2.76. The van der Waals surface area contributed by atoms with Gasteiger partial charge in [-0.05, 0) is 24.5 Å². The SMILES string of the molecule is CC(C)CSCCNC1CCCS(=O)(=O)C1. The van der Waals surface area contributed by atoms with Gasteiger partial charge in [0.2, 0.25) is 0 Å². The van der Waals surface area contributed by atoms with Gasteiger partial charge in [0.25, 0.3) is 0 Å². The van der Waals surface area contributed by atoms with Gasteiger partial charge in [0, 0.05) is 18.3 Å². The molecule has 0 bridgehead atoms. The van der Waals surface area contributed by atoms with E-state index in [0.29, 0.717) is 11.5 Å². The van der Waals surface area contributed by atoms with E-state index in [2.05, 4.69) is 19.2 Å². The Morgan fingerprint density at radius 2 is 2.19 bits per heavy atom. The quantitative estimate of drug-likeness (QED) is 0.740. The van der Waals surface area contributed by atoms with E-state index in [0.717, 1.165) is 31.1 Å². The highest BCUT2D eigenvalue weighted by molar-refractivity contribution is 7.99. The smallest absolute Gasteiger partial charge is 0.151 e. The van der Waals surface area contributed by atoms with E-state index in [4.69, 9.17) is 0 Å². The first-order valence-corrected chi connectivity index (χ1v) is 8.99. The largest absolute Gasteiger partial charge is 0.312 e. The first-order valence-electron chi connectivity index (χ1n) is 6.01. The predicted molar refractivity (Wildman–Crippen MR) is 71.8 cm³/mol. The van der Waals surface area contributed by atoms with Crippen molar-refractivity contribution >= 4 is 21.6 Å². The topological polar surface area (TPSA) is 46.2 Å². The molecule has 1 fully saturated rings. The van der Waals surface area contributed by atoms with E-state index in [-0.39, 0.29) is 6.04 Å². The molecule has 3 nitrogen and oxygen atoms in total. The Hall–Kier alpha value is 0.260. The monoisotopic (exact) mass is 265 g/mol. The second kappa shape index (κ2) is 6.87. The fraction of sp³-hybridized carbons (Fsp3) is 1.00. The van der Waals surface area contributed by atoms with Crippen LogP contribution >= 0.6 is 11.8 Å². The fourth-order valence-electron chi connectivity index (χ4n) is 1.84. The Labute approximate surface area is 104 Å². The average Bonchev–Trinajstić information content (AvgIpc) is 2.15. The number of hydrogen-bond acceptors (Lipinski definition) is 4. The molecule has 0 aromatic heterocycles. The summed E-state index contributed by atoms with van der Waals surface area (Å²) in [6, 6.07) is 0.193. The van der Waals surface area contributed by atoms with E-state index < -0.39 is 9.84 Å². The molecule has 5 heteroatoms. The van der Waals surface area contributed by atoms with Crippen molar-refractivity contribution in [3.05, 3.63) is 0 Å². The van der Waals surface area contributed by atoms with Crippen LogP contribution in [-0.2, 0) is 9.84 Å². The molecule has 16 heavy (non-hydrogen) atoms. The summed E-state index contributed by atoms with van der Waals surface area (Å²) < 4.78 is 22.8. The van der Waals surface area contributed by atoms with Gasteiger partial charge in [-0.3, -0.25) is 0 Å². The van der Waals surface area contributed by atoms with Crippen LogP contribution in [0, 0.1) is 5.92 Å². The summed E-state index contributed by atoms with van der Waals surface area (Å²) in [6.45, 7) is 5.36. The molecule has 0 aromatic rings. The summed E-state index contributed by atoms with van der Waals surface area (Å²) in [6.07, 6.45) is 1.83. The van der Waals surface area contributed by atoms with Gasteiger partial charge in [-0.2, -0.15) is 11.8 Å². The molecule has 96 valence electrons. The summed E-state index contributed by atoms with van der Waals surface area (Å²) in [4.78, 5) is 0. The molecule has 1 atom stereocenters. The highest BCUT2D eigenvalue weighted by Gasteiger charge is 2.23. The summed E-state index contributed by atoms with van der Waals surface area (Å²) in [7, 11) is -2.76. The van der Waals surface area contributed by atoms with E-state index in [1.165, 1.54) is 5.75 Å². The van der Waals surface area contributed by atoms with Gasteiger partial charge < -0.3 is 5.32 Å². The third-order valence-corrected chi connectivity index (χ3v) is 5.81. The molecular weight excluding hydrogens is 242 g/mol. The Bertz CT molecular complexity index is 288. The molecular formula is C11H23NO2S2. The van der Waals surface area contributed by atoms with Crippen LogP contribution in [0.2, 0.25) is 0 Å². The minimum Gasteiger partial charge on any atom is -0.312 e. The van der Waals surface area contributed by atoms with Crippen LogP contribution in [-0.4, -0.2) is 44.0 Å². The molecule has 1 rings (SSSR count). The zero-order valence-electron chi connectivity index (χ0n) is 10.2. The first-order chi connectivity index (χ1) is 7.49. The summed E-state index contributed by atoms with van der Waals surface area (Å²) in [5.74, 6) is 3.72. The van der Waals surface area contributed by atoms with E-state index >= 15 is 0 Å². The van der Waals surface area contributed by atoms with Gasteiger partial charge in [-0.1, -0.05) is 13.8 Å². The highest BCUT2D eigenvalue weighted by atomic mass is 32.2. The van der Waals surface area contributed by atoms with Crippen molar-refractivity contribution in [3.8, 4) is 0 Å². The van der Waals surface area contributed by atoms with E-state index in [1.54, 1.807) is 0 Å². The molecule has 1 N–H and O–H groups in total. The molecule has 0 aliphatic carbocycles. The average molecular weight is 265 g/mol. The lowest BCUT2D eigenvalue weighted by molar-refractivity contribution is 0.492. The third kappa shape index (κ3) is 6.11. The second-order valence-corrected chi connectivity index (χ2v) is 8.25. The van der Waals surface area contributed by atoms with Gasteiger partial charge in [-0.25, -0.2) is 8.42 Å². The summed E-state index contributed by atoms with van der Waals surface area (Å²) >= 11 is 1.94. The van der Waals surface area contributed by atoms with Crippen molar-refractivity contribution in [2.45, 2.75) is 32.7 Å². The Morgan fingerprint density at radius 1 is 1.44 bits per heavy atom. The third-order valence-electron chi connectivity index (χ3n) is 2.59. The Morgan fingerprint density at radius 3 is 2.81 bits per heavy atom. The molecule has 1 saturated heterocycles. The van der Waals surface area contributed by atoms with Crippen molar-refractivity contribution in [1.29, 1.82) is 0 Å². The standard InChI is InChI=1S/C11H23NO2S2/c1-10(2)8-15-6-5-12-11-4-3-7-16(13,14)9-11/h10-12H,3-9H2,1-2H3. The van der Waals surface area contributed by atoms with Crippen LogP contribution in [0.3, 0.4) is 0 Å². The van der Waals surface area contributed by atoms with E-state index in [1.807, 2.05) is 11.8 Å². The molecule has 0 radical (unpaired) electrons. The zero-order valence-corrected chi connectivity index (χ0v) is 11.9. The Kier molecular flexibility index (Phi) is 6.15. The van der Waals surface area contributed by atoms with Crippen molar-refractivity contribution in [2.75, 3.05) is 29.6 Å². The Balaban J connectivity index is 2.09. The molecule has 0 aromatic carbocycles. The van der Waals surface area contributed by atoms with Gasteiger partial charge in [0.15, 0.2) is 9.84 Å². The maximum atomic E-state index is 11.4. The molecule has 0 saturated carbocycles. The van der Waals surface area contributed by atoms with Gasteiger partial charge >= 0.3 is 0 Å². The number of hydrogen-bond donors (Lipinski definition) is 1. The summed E-state index contributed by atoms with van der Waals surface area (Å²) in [5.41, 5.74) is 0. The first kappa shape index (κ1) is 14.3. The van der Waals surface area contributed by atoms with Crippen LogP contribution in [0.4, 0.5) is 0 Å². The van der Waals surface area contributed by atoms with Crippen LogP contribution in [0.1, 0.15) is 26.7 Å². The zero-order chi connectivity index (χ0) is 12.0. The normalized spacial score (nSPS) is 24.8. The lowest BCUT2D eigenvalue weighted by atomic mass is 10.2. The lowest BCUT2D eigenvalue weighted by Crippen LogP contribution is -2.41. The molecule has 1 heterocycles. The van der Waals surface area contributed by atoms with Crippen LogP contribution in [0.25, 0.3) is 0 Å². The van der Waals surface area contributed by atoms with Gasteiger partial charge in [0.1, 0.15) is 0 Å². The van der Waals surface area contributed by atoms with Crippen molar-refractivity contribution < 1.29 is 8.42 Å². The predicted octanol–water partition coefficient (Wildman–Crippen LogP) is 1.54. The maximum Gasteiger partial charge on any atom is 0.151 e. The molecule has 1 aliphatic rings. The van der Waals surface area contributed by atoms with Crippen molar-refractivity contribution in [1.82, 2.24) is 5.32 Å². The number of thioether (sulfide) groups is 1. The van der Waals surface area contributed by atoms with Crippen molar-refractivity contribution in [3.63, 3.8) is 0 Å². The molecule has 1 aliphatic heterocycles.